The molecule has 1 atom stereocenters. The minimum absolute atomic E-state index is 0.140. The van der Waals surface area contributed by atoms with Crippen LogP contribution in [0.4, 0.5) is 10.2 Å². The predicted molar refractivity (Wildman–Crippen MR) is 124 cm³/mol. The van der Waals surface area contributed by atoms with Crippen LogP contribution in [0.1, 0.15) is 24.2 Å². The summed E-state index contributed by atoms with van der Waals surface area (Å²) in [5, 5.41) is 13.7. The molecule has 1 aromatic carbocycles. The third-order valence-electron chi connectivity index (χ3n) is 5.32. The van der Waals surface area contributed by atoms with Crippen molar-refractivity contribution in [3.8, 4) is 11.8 Å². The van der Waals surface area contributed by atoms with Gasteiger partial charge in [-0.05, 0) is 37.3 Å². The Hall–Kier alpha value is -3.87. The minimum Gasteiger partial charge on any atom is -0.361 e. The summed E-state index contributed by atoms with van der Waals surface area (Å²) >= 11 is 12.6. The molecule has 8 nitrogen and oxygen atoms in total. The van der Waals surface area contributed by atoms with Crippen LogP contribution < -0.4 is 11.0 Å². The van der Waals surface area contributed by atoms with Gasteiger partial charge in [-0.2, -0.15) is 5.26 Å². The first kappa shape index (κ1) is 21.0. The second kappa shape index (κ2) is 7.92. The van der Waals surface area contributed by atoms with Crippen molar-refractivity contribution in [2.45, 2.75) is 13.0 Å². The number of aromatic nitrogens is 5. The largest absolute Gasteiger partial charge is 0.361 e. The Morgan fingerprint density at radius 3 is 2.82 bits per heavy atom. The molecule has 0 aliphatic carbocycles. The number of aromatic amines is 1. The molecule has 0 aliphatic heterocycles. The summed E-state index contributed by atoms with van der Waals surface area (Å²) in [5.74, 6) is -0.0888. The molecule has 0 amide bonds. The van der Waals surface area contributed by atoms with E-state index in [1.54, 1.807) is 18.3 Å². The number of nitriles is 1. The van der Waals surface area contributed by atoms with Gasteiger partial charge >= 0.3 is 5.69 Å². The van der Waals surface area contributed by atoms with E-state index in [0.29, 0.717) is 44.3 Å². The lowest BCUT2D eigenvalue weighted by molar-refractivity contribution is 0.624. The van der Waals surface area contributed by atoms with Crippen LogP contribution in [0.15, 0.2) is 53.7 Å². The fourth-order valence-corrected chi connectivity index (χ4v) is 4.41. The van der Waals surface area contributed by atoms with Crippen molar-refractivity contribution in [2.24, 2.45) is 0 Å². The lowest BCUT2D eigenvalue weighted by atomic mass is 10.1. The van der Waals surface area contributed by atoms with E-state index in [1.165, 1.54) is 39.6 Å². The monoisotopic (exact) mass is 481 g/mol. The van der Waals surface area contributed by atoms with E-state index < -0.39 is 17.5 Å². The van der Waals surface area contributed by atoms with Gasteiger partial charge in [-0.1, -0.05) is 29.3 Å². The molecule has 0 saturated heterocycles. The molecule has 164 valence electrons. The van der Waals surface area contributed by atoms with Crippen LogP contribution in [0, 0.1) is 17.1 Å². The topological polar surface area (TPSA) is 104 Å². The summed E-state index contributed by atoms with van der Waals surface area (Å²) in [6, 6.07) is 10.5. The van der Waals surface area contributed by atoms with Gasteiger partial charge in [0.25, 0.3) is 0 Å². The Labute approximate surface area is 195 Å². The number of nitrogens with one attached hydrogen (secondary N) is 2. The van der Waals surface area contributed by atoms with Crippen LogP contribution in [-0.4, -0.2) is 23.9 Å². The first-order chi connectivity index (χ1) is 15.9. The van der Waals surface area contributed by atoms with Gasteiger partial charge in [0, 0.05) is 6.20 Å². The highest BCUT2D eigenvalue weighted by Crippen LogP contribution is 2.30. The summed E-state index contributed by atoms with van der Waals surface area (Å²) < 4.78 is 16.7. The Kier molecular flexibility index (Phi) is 5.04. The minimum atomic E-state index is -0.518. The molecule has 0 aliphatic rings. The maximum Gasteiger partial charge on any atom is 0.338 e. The smallest absolute Gasteiger partial charge is 0.338 e. The van der Waals surface area contributed by atoms with Gasteiger partial charge < -0.3 is 10.3 Å². The van der Waals surface area contributed by atoms with E-state index in [-0.39, 0.29) is 5.15 Å². The molecule has 11 heteroatoms. The third-order valence-corrected chi connectivity index (χ3v) is 5.90. The Balaban J connectivity index is 1.73. The van der Waals surface area contributed by atoms with Crippen LogP contribution in [0.5, 0.6) is 0 Å². The lowest BCUT2D eigenvalue weighted by Gasteiger charge is -2.21. The first-order valence-electron chi connectivity index (χ1n) is 9.76. The van der Waals surface area contributed by atoms with Crippen LogP contribution in [0.2, 0.25) is 10.2 Å². The quantitative estimate of drug-likeness (QED) is 0.381. The number of hydrogen-bond acceptors (Lipinski definition) is 5. The maximum absolute atomic E-state index is 14.0. The molecule has 4 heterocycles. The molecule has 5 aromatic rings. The number of fused-ring (bicyclic) bond motifs is 2. The predicted octanol–water partition coefficient (Wildman–Crippen LogP) is 4.85. The number of halogens is 3. The van der Waals surface area contributed by atoms with E-state index >= 15 is 0 Å². The van der Waals surface area contributed by atoms with Gasteiger partial charge in [-0.25, -0.2) is 19.2 Å². The molecule has 1 unspecified atom stereocenters. The van der Waals surface area contributed by atoms with E-state index in [1.807, 2.05) is 6.92 Å². The molecule has 33 heavy (non-hydrogen) atoms. The second-order valence-electron chi connectivity index (χ2n) is 7.33. The maximum atomic E-state index is 14.0. The Bertz CT molecular complexity index is 1650. The fraction of sp³-hybridized carbons (Fsp3) is 0.0909. The van der Waals surface area contributed by atoms with Crippen LogP contribution in [-0.2, 0) is 0 Å². The van der Waals surface area contributed by atoms with Crippen molar-refractivity contribution in [1.29, 1.82) is 5.26 Å². The van der Waals surface area contributed by atoms with Gasteiger partial charge in [-0.15, -0.1) is 0 Å². The van der Waals surface area contributed by atoms with E-state index in [4.69, 9.17) is 23.2 Å². The third kappa shape index (κ3) is 3.40. The van der Waals surface area contributed by atoms with E-state index in [2.05, 4.69) is 26.3 Å². The number of rotatable bonds is 4. The zero-order valence-corrected chi connectivity index (χ0v) is 18.5. The van der Waals surface area contributed by atoms with Gasteiger partial charge in [-0.3, -0.25) is 8.97 Å². The number of anilines is 1. The highest BCUT2D eigenvalue weighted by atomic mass is 35.5. The Morgan fingerprint density at radius 1 is 1.24 bits per heavy atom. The molecule has 5 rings (SSSR count). The summed E-state index contributed by atoms with van der Waals surface area (Å²) in [6.07, 6.45) is 2.91. The van der Waals surface area contributed by atoms with E-state index in [9.17, 15) is 14.4 Å². The van der Waals surface area contributed by atoms with Gasteiger partial charge in [0.2, 0.25) is 0 Å². The summed E-state index contributed by atoms with van der Waals surface area (Å²) in [7, 11) is 0. The highest BCUT2D eigenvalue weighted by molar-refractivity contribution is 6.37. The van der Waals surface area contributed by atoms with Gasteiger partial charge in [0.05, 0.1) is 38.9 Å². The Morgan fingerprint density at radius 2 is 2.06 bits per heavy atom. The average Bonchev–Trinajstić information content (AvgIpc) is 3.34. The number of hydrogen-bond donors (Lipinski definition) is 2. The molecule has 0 bridgehead atoms. The molecule has 0 spiro atoms. The molecule has 0 saturated carbocycles. The van der Waals surface area contributed by atoms with Crippen molar-refractivity contribution in [3.63, 3.8) is 0 Å². The molecule has 4 aromatic heterocycles. The zero-order valence-electron chi connectivity index (χ0n) is 17.0. The second-order valence-corrected chi connectivity index (χ2v) is 8.12. The summed E-state index contributed by atoms with van der Waals surface area (Å²) in [5.41, 5.74) is 1.57. The van der Waals surface area contributed by atoms with Gasteiger partial charge in [0.15, 0.2) is 0 Å². The van der Waals surface area contributed by atoms with Crippen LogP contribution >= 0.6 is 23.2 Å². The molecule has 0 radical (unpaired) electrons. The number of nitrogens with zero attached hydrogens (tertiary/aromatic N) is 5. The zero-order chi connectivity index (χ0) is 23.3. The normalized spacial score (nSPS) is 12.2. The highest BCUT2D eigenvalue weighted by Gasteiger charge is 2.21. The number of benzene rings is 1. The number of H-pyrrole nitrogens is 1. The molecule has 0 fully saturated rings. The average molecular weight is 482 g/mol. The van der Waals surface area contributed by atoms with Crippen molar-refractivity contribution >= 4 is 45.6 Å². The van der Waals surface area contributed by atoms with Crippen molar-refractivity contribution in [3.05, 3.63) is 86.7 Å². The summed E-state index contributed by atoms with van der Waals surface area (Å²) in [6.45, 7) is 1.81. The lowest BCUT2D eigenvalue weighted by Crippen LogP contribution is -2.30. The van der Waals surface area contributed by atoms with Crippen LogP contribution in [0.3, 0.4) is 0 Å². The summed E-state index contributed by atoms with van der Waals surface area (Å²) in [4.78, 5) is 24.8. The molecule has 2 N–H and O–H groups in total. The fourth-order valence-electron chi connectivity index (χ4n) is 3.84. The van der Waals surface area contributed by atoms with Crippen molar-refractivity contribution < 1.29 is 4.39 Å². The van der Waals surface area contributed by atoms with Crippen molar-refractivity contribution in [1.82, 2.24) is 23.9 Å². The van der Waals surface area contributed by atoms with Crippen LogP contribution in [0.25, 0.3) is 22.2 Å². The molecular weight excluding hydrogens is 468 g/mol. The van der Waals surface area contributed by atoms with Crippen molar-refractivity contribution in [2.75, 3.05) is 5.32 Å². The molecular formula is C22H14Cl2FN7O. The van der Waals surface area contributed by atoms with Gasteiger partial charge in [0.1, 0.15) is 34.8 Å². The standard InChI is InChI=1S/C22H14Cl2FN7O/c1-11(30-21-19-12(8-26)9-27-20(19)28-10-29-21)16-7-17-15(23)6-18(24)32(17)22(33)31(16)14-4-2-3-13(25)5-14/h2-7,9-11H,1H3,(H2,27,28,29,30). The van der Waals surface area contributed by atoms with E-state index in [0.717, 1.165) is 0 Å². The first-order valence-corrected chi connectivity index (χ1v) is 10.5. The SMILES string of the molecule is CC(Nc1ncnc2[nH]cc(C#N)c12)c1cc2c(Cl)cc(Cl)n2c(=O)n1-c1cccc(F)c1.